The Morgan fingerprint density at radius 3 is 2.57 bits per heavy atom. The Morgan fingerprint density at radius 1 is 1.22 bits per heavy atom. The Morgan fingerprint density at radius 2 is 1.96 bits per heavy atom. The number of aryl methyl sites for hydroxylation is 1. The second kappa shape index (κ2) is 6.57. The number of piperidine rings is 1. The van der Waals surface area contributed by atoms with Gasteiger partial charge in [0.15, 0.2) is 0 Å². The summed E-state index contributed by atoms with van der Waals surface area (Å²) in [5.74, 6) is 0.430. The third kappa shape index (κ3) is 4.09. The molecule has 0 radical (unpaired) electrons. The number of halogens is 3. The van der Waals surface area contributed by atoms with Gasteiger partial charge in [0.05, 0.1) is 5.56 Å². The first-order chi connectivity index (χ1) is 10.9. The minimum Gasteiger partial charge on any atom is -0.299 e. The van der Waals surface area contributed by atoms with Gasteiger partial charge in [-0.05, 0) is 44.5 Å². The molecule has 0 aliphatic carbocycles. The van der Waals surface area contributed by atoms with Gasteiger partial charge in [-0.15, -0.1) is 21.5 Å². The number of alkyl halides is 3. The Labute approximate surface area is 137 Å². The maximum Gasteiger partial charge on any atom is 0.416 e. The predicted molar refractivity (Wildman–Crippen MR) is 83.3 cm³/mol. The summed E-state index contributed by atoms with van der Waals surface area (Å²) in [5.41, 5.74) is 0.138. The number of benzene rings is 1. The van der Waals surface area contributed by atoms with Gasteiger partial charge in [0, 0.05) is 12.5 Å². The minimum atomic E-state index is -4.28. The second-order valence-electron chi connectivity index (χ2n) is 5.91. The third-order valence-corrected chi connectivity index (χ3v) is 5.14. The molecule has 2 heterocycles. The lowest BCUT2D eigenvalue weighted by Crippen LogP contribution is -2.32. The Bertz CT molecular complexity index is 661. The molecule has 0 unspecified atom stereocenters. The van der Waals surface area contributed by atoms with Gasteiger partial charge in [-0.1, -0.05) is 18.2 Å². The first-order valence-electron chi connectivity index (χ1n) is 7.60. The molecule has 1 aliphatic rings. The van der Waals surface area contributed by atoms with Crippen LogP contribution in [-0.4, -0.2) is 28.2 Å². The fourth-order valence-corrected chi connectivity index (χ4v) is 3.79. The highest BCUT2D eigenvalue weighted by atomic mass is 32.1. The molecule has 7 heteroatoms. The van der Waals surface area contributed by atoms with Crippen LogP contribution in [0.25, 0.3) is 0 Å². The first-order valence-corrected chi connectivity index (χ1v) is 8.42. The molecule has 3 rings (SSSR count). The highest BCUT2D eigenvalue weighted by Crippen LogP contribution is 2.32. The number of hydrogen-bond acceptors (Lipinski definition) is 4. The molecule has 124 valence electrons. The highest BCUT2D eigenvalue weighted by molar-refractivity contribution is 7.11. The van der Waals surface area contributed by atoms with Crippen molar-refractivity contribution in [3.8, 4) is 0 Å². The fraction of sp³-hybridized carbons (Fsp3) is 0.500. The van der Waals surface area contributed by atoms with E-state index in [4.69, 9.17) is 0 Å². The third-order valence-electron chi connectivity index (χ3n) is 4.14. The van der Waals surface area contributed by atoms with Crippen LogP contribution in [0.4, 0.5) is 13.2 Å². The minimum absolute atomic E-state index is 0.430. The summed E-state index contributed by atoms with van der Waals surface area (Å²) < 4.78 is 38.3. The van der Waals surface area contributed by atoms with Gasteiger partial charge in [-0.25, -0.2) is 0 Å². The maximum absolute atomic E-state index is 12.8. The molecule has 2 aromatic rings. The average molecular weight is 341 g/mol. The lowest BCUT2D eigenvalue weighted by Gasteiger charge is -2.31. The summed E-state index contributed by atoms with van der Waals surface area (Å²) >= 11 is 1.64. The van der Waals surface area contributed by atoms with Gasteiger partial charge in [0.1, 0.15) is 10.0 Å². The van der Waals surface area contributed by atoms with Crippen molar-refractivity contribution in [3.63, 3.8) is 0 Å². The largest absolute Gasteiger partial charge is 0.416 e. The zero-order chi connectivity index (χ0) is 16.4. The molecule has 1 aliphatic heterocycles. The Balaban J connectivity index is 1.59. The van der Waals surface area contributed by atoms with Crippen LogP contribution in [-0.2, 0) is 12.7 Å². The van der Waals surface area contributed by atoms with Crippen molar-refractivity contribution < 1.29 is 13.2 Å². The zero-order valence-corrected chi connectivity index (χ0v) is 13.6. The van der Waals surface area contributed by atoms with E-state index in [1.54, 1.807) is 17.4 Å². The lowest BCUT2D eigenvalue weighted by atomic mass is 9.97. The van der Waals surface area contributed by atoms with Gasteiger partial charge >= 0.3 is 6.18 Å². The number of likely N-dealkylation sites (tertiary alicyclic amines) is 1. The van der Waals surface area contributed by atoms with Crippen molar-refractivity contribution in [1.82, 2.24) is 15.1 Å². The molecule has 0 bridgehead atoms. The summed E-state index contributed by atoms with van der Waals surface area (Å²) in [6.07, 6.45) is -2.32. The van der Waals surface area contributed by atoms with E-state index in [9.17, 15) is 13.2 Å². The number of aromatic nitrogens is 2. The van der Waals surface area contributed by atoms with E-state index in [1.165, 1.54) is 12.1 Å². The topological polar surface area (TPSA) is 29.0 Å². The molecule has 23 heavy (non-hydrogen) atoms. The maximum atomic E-state index is 12.8. The van der Waals surface area contributed by atoms with E-state index in [2.05, 4.69) is 15.1 Å². The Hall–Kier alpha value is -1.47. The van der Waals surface area contributed by atoms with Gasteiger partial charge < -0.3 is 0 Å². The highest BCUT2D eigenvalue weighted by Gasteiger charge is 2.30. The van der Waals surface area contributed by atoms with Crippen LogP contribution in [0.2, 0.25) is 0 Å². The van der Waals surface area contributed by atoms with E-state index >= 15 is 0 Å². The molecule has 0 amide bonds. The molecule has 1 aromatic heterocycles. The van der Waals surface area contributed by atoms with E-state index in [1.807, 2.05) is 6.92 Å². The number of rotatable bonds is 3. The van der Waals surface area contributed by atoms with Crippen molar-refractivity contribution >= 4 is 11.3 Å². The number of nitrogens with zero attached hydrogens (tertiary/aromatic N) is 3. The quantitative estimate of drug-likeness (QED) is 0.836. The first kappa shape index (κ1) is 16.4. The van der Waals surface area contributed by atoms with Crippen molar-refractivity contribution in [2.45, 2.75) is 38.4 Å². The van der Waals surface area contributed by atoms with Crippen molar-refractivity contribution in [1.29, 1.82) is 0 Å². The molecule has 3 nitrogen and oxygen atoms in total. The van der Waals surface area contributed by atoms with Crippen molar-refractivity contribution in [2.75, 3.05) is 13.1 Å². The summed E-state index contributed by atoms with van der Waals surface area (Å²) in [6.45, 7) is 4.26. The van der Waals surface area contributed by atoms with E-state index < -0.39 is 11.7 Å². The van der Waals surface area contributed by atoms with Crippen molar-refractivity contribution in [3.05, 3.63) is 45.4 Å². The van der Waals surface area contributed by atoms with Gasteiger partial charge in [0.25, 0.3) is 0 Å². The molecule has 1 fully saturated rings. The van der Waals surface area contributed by atoms with Crippen LogP contribution >= 0.6 is 11.3 Å². The molecule has 0 saturated carbocycles. The fourth-order valence-electron chi connectivity index (χ4n) is 2.92. The normalized spacial score (nSPS) is 17.6. The van der Waals surface area contributed by atoms with Gasteiger partial charge in [0.2, 0.25) is 0 Å². The second-order valence-corrected chi connectivity index (χ2v) is 7.12. The smallest absolute Gasteiger partial charge is 0.299 e. The van der Waals surface area contributed by atoms with Gasteiger partial charge in [-0.3, -0.25) is 4.90 Å². The van der Waals surface area contributed by atoms with Crippen LogP contribution in [0.3, 0.4) is 0 Å². The molecular formula is C16H18F3N3S. The van der Waals surface area contributed by atoms with Crippen LogP contribution in [0.5, 0.6) is 0 Å². The van der Waals surface area contributed by atoms with Crippen molar-refractivity contribution in [2.24, 2.45) is 0 Å². The van der Waals surface area contributed by atoms with Crippen LogP contribution in [0, 0.1) is 6.92 Å². The van der Waals surface area contributed by atoms with Gasteiger partial charge in [-0.2, -0.15) is 13.2 Å². The molecular weight excluding hydrogens is 323 g/mol. The van der Waals surface area contributed by atoms with Crippen LogP contribution < -0.4 is 0 Å². The van der Waals surface area contributed by atoms with Crippen LogP contribution in [0.1, 0.15) is 39.9 Å². The van der Waals surface area contributed by atoms with Crippen LogP contribution in [0.15, 0.2) is 24.3 Å². The van der Waals surface area contributed by atoms with E-state index in [-0.39, 0.29) is 0 Å². The lowest BCUT2D eigenvalue weighted by molar-refractivity contribution is -0.137. The number of hydrogen-bond donors (Lipinski definition) is 0. The summed E-state index contributed by atoms with van der Waals surface area (Å²) in [4.78, 5) is 2.21. The summed E-state index contributed by atoms with van der Waals surface area (Å²) in [7, 11) is 0. The molecule has 1 aromatic carbocycles. The molecule has 0 N–H and O–H groups in total. The van der Waals surface area contributed by atoms with E-state index in [0.717, 1.165) is 42.0 Å². The molecule has 0 spiro atoms. The predicted octanol–water partition coefficient (Wildman–Crippen LogP) is 4.24. The monoisotopic (exact) mass is 341 g/mol. The Kier molecular flexibility index (Phi) is 4.68. The van der Waals surface area contributed by atoms with E-state index in [0.29, 0.717) is 18.0 Å². The standard InChI is InChI=1S/C16H18F3N3S/c1-11-20-21-15(23-11)13-5-7-22(8-6-13)10-12-3-2-4-14(9-12)16(17,18)19/h2-4,9,13H,5-8,10H2,1H3. The SMILES string of the molecule is Cc1nnc(C2CCN(Cc3cccc(C(F)(F)F)c3)CC2)s1. The summed E-state index contributed by atoms with van der Waals surface area (Å²) in [5, 5.41) is 10.3. The zero-order valence-electron chi connectivity index (χ0n) is 12.8. The summed E-state index contributed by atoms with van der Waals surface area (Å²) in [6, 6.07) is 5.61. The molecule has 1 saturated heterocycles. The molecule has 0 atom stereocenters. The average Bonchev–Trinajstić information content (AvgIpc) is 2.94.